The van der Waals surface area contributed by atoms with Crippen LogP contribution in [0.1, 0.15) is 19.8 Å². The normalized spacial score (nSPS) is 15.2. The molecule has 2 N–H and O–H groups in total. The predicted octanol–water partition coefficient (Wildman–Crippen LogP) is 0.208. The van der Waals surface area contributed by atoms with Crippen molar-refractivity contribution in [2.75, 3.05) is 18.6 Å². The van der Waals surface area contributed by atoms with Gasteiger partial charge in [0.25, 0.3) is 0 Å². The minimum Gasteiger partial charge on any atom is -0.481 e. The molecular weight excluding hydrogens is 190 g/mol. The van der Waals surface area contributed by atoms with Gasteiger partial charge >= 0.3 is 5.97 Å². The minimum absolute atomic E-state index is 0.189. The van der Waals surface area contributed by atoms with Gasteiger partial charge in [0.1, 0.15) is 0 Å². The van der Waals surface area contributed by atoms with Crippen LogP contribution in [-0.2, 0) is 15.6 Å². The van der Waals surface area contributed by atoms with Crippen molar-refractivity contribution in [3.8, 4) is 0 Å². The lowest BCUT2D eigenvalue weighted by Gasteiger charge is -2.10. The topological polar surface area (TPSA) is 66.4 Å². The second-order valence-electron chi connectivity index (χ2n) is 3.09. The van der Waals surface area contributed by atoms with Crippen molar-refractivity contribution < 1.29 is 14.1 Å². The zero-order valence-electron chi connectivity index (χ0n) is 8.08. The van der Waals surface area contributed by atoms with Gasteiger partial charge in [-0.2, -0.15) is 0 Å². The number of carboxylic acid groups (broad SMARTS) is 1. The van der Waals surface area contributed by atoms with Gasteiger partial charge < -0.3 is 10.4 Å². The first kappa shape index (κ1) is 12.6. The third-order valence-corrected chi connectivity index (χ3v) is 2.51. The summed E-state index contributed by atoms with van der Waals surface area (Å²) < 4.78 is 10.8. The highest BCUT2D eigenvalue weighted by Gasteiger charge is 2.03. The van der Waals surface area contributed by atoms with Crippen LogP contribution in [-0.4, -0.2) is 39.9 Å². The van der Waals surface area contributed by atoms with Crippen LogP contribution in [0.4, 0.5) is 0 Å². The summed E-state index contributed by atoms with van der Waals surface area (Å²) in [5, 5.41) is 11.5. The SMILES string of the molecule is CC(CS(C)=O)NCCCC(=O)O. The Balaban J connectivity index is 3.31. The lowest BCUT2D eigenvalue weighted by Crippen LogP contribution is -2.31. The van der Waals surface area contributed by atoms with E-state index >= 15 is 0 Å². The summed E-state index contributed by atoms with van der Waals surface area (Å²) in [6.07, 6.45) is 2.47. The fraction of sp³-hybridized carbons (Fsp3) is 0.875. The first-order valence-corrected chi connectivity index (χ1v) is 6.00. The minimum atomic E-state index is -0.789. The molecule has 2 unspecified atom stereocenters. The fourth-order valence-electron chi connectivity index (χ4n) is 0.999. The second kappa shape index (κ2) is 7.03. The summed E-state index contributed by atoms with van der Waals surface area (Å²) in [5.74, 6) is -0.152. The van der Waals surface area contributed by atoms with Gasteiger partial charge in [0, 0.05) is 35.3 Å². The molecule has 13 heavy (non-hydrogen) atoms. The molecule has 0 bridgehead atoms. The maximum Gasteiger partial charge on any atom is 0.303 e. The quantitative estimate of drug-likeness (QED) is 0.586. The second-order valence-corrected chi connectivity index (χ2v) is 4.57. The van der Waals surface area contributed by atoms with E-state index in [1.807, 2.05) is 6.92 Å². The van der Waals surface area contributed by atoms with Crippen molar-refractivity contribution in [1.29, 1.82) is 0 Å². The van der Waals surface area contributed by atoms with Crippen LogP contribution in [0.2, 0.25) is 0 Å². The molecule has 5 heteroatoms. The smallest absolute Gasteiger partial charge is 0.303 e. The Morgan fingerprint density at radius 1 is 1.62 bits per heavy atom. The molecule has 0 saturated heterocycles. The first-order chi connectivity index (χ1) is 6.02. The molecule has 0 spiro atoms. The van der Waals surface area contributed by atoms with Crippen molar-refractivity contribution in [2.24, 2.45) is 0 Å². The average molecular weight is 207 g/mol. The Hall–Kier alpha value is -0.420. The van der Waals surface area contributed by atoms with Gasteiger partial charge in [0.05, 0.1) is 0 Å². The predicted molar refractivity (Wildman–Crippen MR) is 53.3 cm³/mol. The van der Waals surface area contributed by atoms with Crippen molar-refractivity contribution in [2.45, 2.75) is 25.8 Å². The summed E-state index contributed by atoms with van der Waals surface area (Å²) in [6.45, 7) is 2.62. The average Bonchev–Trinajstić information content (AvgIpc) is 1.96. The van der Waals surface area contributed by atoms with E-state index in [4.69, 9.17) is 5.11 Å². The highest BCUT2D eigenvalue weighted by atomic mass is 32.2. The molecule has 0 aliphatic rings. The van der Waals surface area contributed by atoms with Gasteiger partial charge in [-0.3, -0.25) is 9.00 Å². The number of nitrogens with one attached hydrogen (secondary N) is 1. The van der Waals surface area contributed by atoms with E-state index in [1.54, 1.807) is 6.26 Å². The molecule has 0 aliphatic carbocycles. The number of aliphatic carboxylic acids is 1. The standard InChI is InChI=1S/C8H17NO3S/c1-7(6-13(2)12)9-5-3-4-8(10)11/h7,9H,3-6H2,1-2H3,(H,10,11). The molecule has 0 heterocycles. The molecule has 78 valence electrons. The van der Waals surface area contributed by atoms with Crippen LogP contribution >= 0.6 is 0 Å². The van der Waals surface area contributed by atoms with Crippen LogP contribution in [0.15, 0.2) is 0 Å². The molecule has 0 amide bonds. The molecule has 0 saturated carbocycles. The lowest BCUT2D eigenvalue weighted by molar-refractivity contribution is -0.137. The zero-order valence-corrected chi connectivity index (χ0v) is 8.89. The van der Waals surface area contributed by atoms with E-state index in [0.717, 1.165) is 0 Å². The Morgan fingerprint density at radius 3 is 2.69 bits per heavy atom. The number of hydrogen-bond donors (Lipinski definition) is 2. The van der Waals surface area contributed by atoms with Gasteiger partial charge in [-0.25, -0.2) is 0 Å². The van der Waals surface area contributed by atoms with Gasteiger partial charge in [0.15, 0.2) is 0 Å². The van der Waals surface area contributed by atoms with E-state index in [1.165, 1.54) is 0 Å². The fourth-order valence-corrected chi connectivity index (χ4v) is 1.82. The van der Waals surface area contributed by atoms with E-state index in [2.05, 4.69) is 5.32 Å². The summed E-state index contributed by atoms with van der Waals surface area (Å²) in [4.78, 5) is 10.1. The maximum atomic E-state index is 10.8. The molecule has 0 aromatic carbocycles. The summed E-state index contributed by atoms with van der Waals surface area (Å²) >= 11 is 0. The van der Waals surface area contributed by atoms with E-state index in [-0.39, 0.29) is 12.5 Å². The molecule has 0 aromatic heterocycles. The highest BCUT2D eigenvalue weighted by Crippen LogP contribution is 1.89. The molecule has 0 aromatic rings. The van der Waals surface area contributed by atoms with Crippen LogP contribution in [0.3, 0.4) is 0 Å². The third-order valence-electron chi connectivity index (χ3n) is 1.54. The van der Waals surface area contributed by atoms with Gasteiger partial charge in [-0.1, -0.05) is 0 Å². The number of carbonyl (C=O) groups is 1. The highest BCUT2D eigenvalue weighted by molar-refractivity contribution is 7.84. The van der Waals surface area contributed by atoms with Crippen molar-refractivity contribution >= 4 is 16.8 Å². The van der Waals surface area contributed by atoms with E-state index in [0.29, 0.717) is 18.7 Å². The molecule has 4 nitrogen and oxygen atoms in total. The summed E-state index contributed by atoms with van der Waals surface area (Å²) in [7, 11) is -0.789. The van der Waals surface area contributed by atoms with E-state index in [9.17, 15) is 9.00 Å². The number of hydrogen-bond acceptors (Lipinski definition) is 3. The van der Waals surface area contributed by atoms with Gasteiger partial charge in [-0.05, 0) is 19.9 Å². The van der Waals surface area contributed by atoms with Crippen molar-refractivity contribution in [3.63, 3.8) is 0 Å². The molecule has 2 atom stereocenters. The van der Waals surface area contributed by atoms with Gasteiger partial charge in [-0.15, -0.1) is 0 Å². The monoisotopic (exact) mass is 207 g/mol. The lowest BCUT2D eigenvalue weighted by atomic mass is 10.3. The zero-order chi connectivity index (χ0) is 10.3. The van der Waals surface area contributed by atoms with Crippen LogP contribution in [0.5, 0.6) is 0 Å². The Morgan fingerprint density at radius 2 is 2.23 bits per heavy atom. The molecule has 0 rings (SSSR count). The Kier molecular flexibility index (Phi) is 6.80. The van der Waals surface area contributed by atoms with Crippen LogP contribution in [0, 0.1) is 0 Å². The van der Waals surface area contributed by atoms with Gasteiger partial charge in [0.2, 0.25) is 0 Å². The van der Waals surface area contributed by atoms with Crippen LogP contribution < -0.4 is 5.32 Å². The first-order valence-electron chi connectivity index (χ1n) is 4.27. The Labute approximate surface area is 81.2 Å². The summed E-state index contributed by atoms with van der Waals surface area (Å²) in [5.41, 5.74) is 0. The van der Waals surface area contributed by atoms with Crippen LogP contribution in [0.25, 0.3) is 0 Å². The molecule has 0 aliphatic heterocycles. The number of rotatable bonds is 7. The number of carboxylic acids is 1. The molecular formula is C8H17NO3S. The van der Waals surface area contributed by atoms with E-state index < -0.39 is 16.8 Å². The molecule has 0 radical (unpaired) electrons. The third kappa shape index (κ3) is 9.49. The molecule has 0 fully saturated rings. The largest absolute Gasteiger partial charge is 0.481 e. The maximum absolute atomic E-state index is 10.8. The summed E-state index contributed by atoms with van der Waals surface area (Å²) in [6, 6.07) is 0.194. The van der Waals surface area contributed by atoms with Crippen molar-refractivity contribution in [3.05, 3.63) is 0 Å². The van der Waals surface area contributed by atoms with Crippen molar-refractivity contribution in [1.82, 2.24) is 5.32 Å². The Bertz CT molecular complexity index is 184.